The number of hydrogen-bond acceptors (Lipinski definition) is 3. The summed E-state index contributed by atoms with van der Waals surface area (Å²) in [5.41, 5.74) is 4.71. The maximum absolute atomic E-state index is 4.36. The van der Waals surface area contributed by atoms with Gasteiger partial charge in [0.05, 0.1) is 12.2 Å². The molecule has 0 fully saturated rings. The first kappa shape index (κ1) is 11.6. The standard InChI is InChI=1S/C14H17N3/c1-10-4-5-14(11(2)8-10)16-9-13-6-7-15-12(3)17-13/h4-8,16H,9H2,1-3H3. The number of benzene rings is 1. The first-order chi connectivity index (χ1) is 8.15. The van der Waals surface area contributed by atoms with Crippen molar-refractivity contribution in [3.63, 3.8) is 0 Å². The highest BCUT2D eigenvalue weighted by Gasteiger charge is 1.99. The zero-order valence-corrected chi connectivity index (χ0v) is 10.5. The summed E-state index contributed by atoms with van der Waals surface area (Å²) in [6.45, 7) is 6.85. The maximum atomic E-state index is 4.36. The monoisotopic (exact) mass is 227 g/mol. The van der Waals surface area contributed by atoms with E-state index in [1.165, 1.54) is 11.1 Å². The van der Waals surface area contributed by atoms with Gasteiger partial charge < -0.3 is 5.32 Å². The van der Waals surface area contributed by atoms with Crippen LogP contribution in [0.3, 0.4) is 0 Å². The smallest absolute Gasteiger partial charge is 0.125 e. The summed E-state index contributed by atoms with van der Waals surface area (Å²) in [6.07, 6.45) is 1.79. The second kappa shape index (κ2) is 4.95. The normalized spacial score (nSPS) is 10.3. The van der Waals surface area contributed by atoms with Crippen LogP contribution in [0.2, 0.25) is 0 Å². The van der Waals surface area contributed by atoms with Crippen LogP contribution in [0.25, 0.3) is 0 Å². The zero-order chi connectivity index (χ0) is 12.3. The predicted molar refractivity (Wildman–Crippen MR) is 70.0 cm³/mol. The first-order valence-corrected chi connectivity index (χ1v) is 5.75. The number of nitrogens with one attached hydrogen (secondary N) is 1. The van der Waals surface area contributed by atoms with Gasteiger partial charge in [0.25, 0.3) is 0 Å². The minimum atomic E-state index is 0.729. The van der Waals surface area contributed by atoms with Crippen molar-refractivity contribution >= 4 is 5.69 Å². The van der Waals surface area contributed by atoms with Crippen LogP contribution in [-0.4, -0.2) is 9.97 Å². The highest BCUT2D eigenvalue weighted by atomic mass is 14.9. The van der Waals surface area contributed by atoms with Crippen LogP contribution in [0.15, 0.2) is 30.5 Å². The summed E-state index contributed by atoms with van der Waals surface area (Å²) >= 11 is 0. The Morgan fingerprint density at radius 3 is 2.65 bits per heavy atom. The van der Waals surface area contributed by atoms with Crippen LogP contribution in [0.4, 0.5) is 5.69 Å². The van der Waals surface area contributed by atoms with Gasteiger partial charge in [-0.3, -0.25) is 0 Å². The van der Waals surface area contributed by atoms with Gasteiger partial charge in [-0.15, -0.1) is 0 Å². The van der Waals surface area contributed by atoms with E-state index in [2.05, 4.69) is 47.3 Å². The quantitative estimate of drug-likeness (QED) is 0.875. The van der Waals surface area contributed by atoms with E-state index in [-0.39, 0.29) is 0 Å². The molecule has 0 spiro atoms. The largest absolute Gasteiger partial charge is 0.379 e. The SMILES string of the molecule is Cc1ccc(NCc2ccnc(C)n2)c(C)c1. The molecule has 0 saturated carbocycles. The molecule has 3 heteroatoms. The summed E-state index contributed by atoms with van der Waals surface area (Å²) in [7, 11) is 0. The highest BCUT2D eigenvalue weighted by molar-refractivity contribution is 5.51. The third-order valence-corrected chi connectivity index (χ3v) is 2.68. The van der Waals surface area contributed by atoms with Gasteiger partial charge >= 0.3 is 0 Å². The average molecular weight is 227 g/mol. The van der Waals surface area contributed by atoms with E-state index in [1.54, 1.807) is 6.20 Å². The number of hydrogen-bond donors (Lipinski definition) is 1. The Morgan fingerprint density at radius 1 is 1.12 bits per heavy atom. The van der Waals surface area contributed by atoms with Crippen molar-refractivity contribution in [1.29, 1.82) is 0 Å². The van der Waals surface area contributed by atoms with E-state index >= 15 is 0 Å². The Hall–Kier alpha value is -1.90. The Labute approximate surface area is 102 Å². The van der Waals surface area contributed by atoms with Crippen LogP contribution >= 0.6 is 0 Å². The highest BCUT2D eigenvalue weighted by Crippen LogP contribution is 2.16. The van der Waals surface area contributed by atoms with Crippen molar-refractivity contribution < 1.29 is 0 Å². The van der Waals surface area contributed by atoms with E-state index in [9.17, 15) is 0 Å². The summed E-state index contributed by atoms with van der Waals surface area (Å²) in [4.78, 5) is 8.45. The molecule has 0 amide bonds. The van der Waals surface area contributed by atoms with Crippen molar-refractivity contribution in [1.82, 2.24) is 9.97 Å². The lowest BCUT2D eigenvalue weighted by Crippen LogP contribution is -2.04. The Bertz CT molecular complexity index is 521. The molecule has 0 aliphatic rings. The average Bonchev–Trinajstić information content (AvgIpc) is 2.28. The van der Waals surface area contributed by atoms with Crippen LogP contribution in [-0.2, 0) is 6.54 Å². The van der Waals surface area contributed by atoms with Crippen molar-refractivity contribution in [3.8, 4) is 0 Å². The van der Waals surface area contributed by atoms with Gasteiger partial charge in [-0.05, 0) is 38.5 Å². The lowest BCUT2D eigenvalue weighted by molar-refractivity contribution is 0.954. The Morgan fingerprint density at radius 2 is 1.94 bits per heavy atom. The van der Waals surface area contributed by atoms with Crippen molar-refractivity contribution in [2.24, 2.45) is 0 Å². The second-order valence-corrected chi connectivity index (χ2v) is 4.27. The molecule has 17 heavy (non-hydrogen) atoms. The minimum Gasteiger partial charge on any atom is -0.379 e. The fourth-order valence-corrected chi connectivity index (χ4v) is 1.80. The fourth-order valence-electron chi connectivity index (χ4n) is 1.80. The van der Waals surface area contributed by atoms with Gasteiger partial charge in [0.15, 0.2) is 0 Å². The second-order valence-electron chi connectivity index (χ2n) is 4.27. The number of aromatic nitrogens is 2. The molecule has 0 radical (unpaired) electrons. The van der Waals surface area contributed by atoms with Gasteiger partial charge in [-0.2, -0.15) is 0 Å². The van der Waals surface area contributed by atoms with E-state index in [4.69, 9.17) is 0 Å². The number of nitrogens with zero attached hydrogens (tertiary/aromatic N) is 2. The van der Waals surface area contributed by atoms with Gasteiger partial charge in [0.1, 0.15) is 5.82 Å². The molecule has 0 aliphatic carbocycles. The van der Waals surface area contributed by atoms with Gasteiger partial charge in [-0.1, -0.05) is 17.7 Å². The van der Waals surface area contributed by atoms with Crippen molar-refractivity contribution in [3.05, 3.63) is 53.1 Å². The molecule has 0 atom stereocenters. The Kier molecular flexibility index (Phi) is 3.38. The zero-order valence-electron chi connectivity index (χ0n) is 10.5. The summed E-state index contributed by atoms with van der Waals surface area (Å²) in [5.74, 6) is 0.810. The van der Waals surface area contributed by atoms with E-state index in [0.29, 0.717) is 0 Å². The van der Waals surface area contributed by atoms with Crippen LogP contribution in [0, 0.1) is 20.8 Å². The summed E-state index contributed by atoms with van der Waals surface area (Å²) < 4.78 is 0. The number of anilines is 1. The van der Waals surface area contributed by atoms with Crippen LogP contribution < -0.4 is 5.32 Å². The van der Waals surface area contributed by atoms with Gasteiger partial charge in [0, 0.05) is 11.9 Å². The minimum absolute atomic E-state index is 0.729. The molecule has 1 aromatic heterocycles. The molecular formula is C14H17N3. The maximum Gasteiger partial charge on any atom is 0.125 e. The molecule has 1 N–H and O–H groups in total. The van der Waals surface area contributed by atoms with Crippen molar-refractivity contribution in [2.75, 3.05) is 5.32 Å². The lowest BCUT2D eigenvalue weighted by atomic mass is 10.1. The van der Waals surface area contributed by atoms with Crippen molar-refractivity contribution in [2.45, 2.75) is 27.3 Å². The van der Waals surface area contributed by atoms with E-state index < -0.39 is 0 Å². The lowest BCUT2D eigenvalue weighted by Gasteiger charge is -2.09. The summed E-state index contributed by atoms with van der Waals surface area (Å²) in [5, 5.41) is 3.39. The summed E-state index contributed by atoms with van der Waals surface area (Å²) in [6, 6.07) is 8.33. The van der Waals surface area contributed by atoms with Crippen LogP contribution in [0.5, 0.6) is 0 Å². The molecule has 0 aliphatic heterocycles. The third-order valence-electron chi connectivity index (χ3n) is 2.68. The fraction of sp³-hybridized carbons (Fsp3) is 0.286. The van der Waals surface area contributed by atoms with Crippen LogP contribution in [0.1, 0.15) is 22.6 Å². The van der Waals surface area contributed by atoms with Gasteiger partial charge in [0.2, 0.25) is 0 Å². The van der Waals surface area contributed by atoms with Gasteiger partial charge in [-0.25, -0.2) is 9.97 Å². The molecule has 1 aromatic carbocycles. The molecular weight excluding hydrogens is 210 g/mol. The number of rotatable bonds is 3. The molecule has 0 unspecified atom stereocenters. The van der Waals surface area contributed by atoms with E-state index in [0.717, 1.165) is 23.8 Å². The predicted octanol–water partition coefficient (Wildman–Crippen LogP) is 3.01. The molecule has 3 nitrogen and oxygen atoms in total. The Balaban J connectivity index is 2.07. The molecule has 2 aromatic rings. The van der Waals surface area contributed by atoms with E-state index in [1.807, 2.05) is 13.0 Å². The number of aryl methyl sites for hydroxylation is 3. The molecule has 0 saturated heterocycles. The first-order valence-electron chi connectivity index (χ1n) is 5.75. The topological polar surface area (TPSA) is 37.8 Å². The molecule has 0 bridgehead atoms. The third kappa shape index (κ3) is 3.03. The molecule has 1 heterocycles. The molecule has 88 valence electrons. The molecule has 2 rings (SSSR count).